The van der Waals surface area contributed by atoms with Gasteiger partial charge in [0.2, 0.25) is 0 Å². The summed E-state index contributed by atoms with van der Waals surface area (Å²) in [5, 5.41) is 0. The van der Waals surface area contributed by atoms with Gasteiger partial charge in [0.15, 0.2) is 0 Å². The molecule has 1 atom stereocenters. The van der Waals surface area contributed by atoms with Crippen molar-refractivity contribution in [1.82, 2.24) is 9.80 Å². The first-order chi connectivity index (χ1) is 8.40. The van der Waals surface area contributed by atoms with Crippen LogP contribution in [0.25, 0.3) is 0 Å². The van der Waals surface area contributed by atoms with Crippen LogP contribution in [0.2, 0.25) is 0 Å². The van der Waals surface area contributed by atoms with Gasteiger partial charge in [0.05, 0.1) is 5.75 Å². The standard InChI is InChI=1S/C12H27N3O2S/c1-12(10-13)11-15-5-3-4-14(6-7-15)8-9-18(2,16)17/h12H,3-11,13H2,1-2H3. The van der Waals surface area contributed by atoms with Gasteiger partial charge in [-0.2, -0.15) is 0 Å². The molecule has 1 fully saturated rings. The first-order valence-corrected chi connectivity index (χ1v) is 8.79. The van der Waals surface area contributed by atoms with E-state index in [1.165, 1.54) is 6.26 Å². The van der Waals surface area contributed by atoms with Crippen LogP contribution in [0, 0.1) is 5.92 Å². The molecule has 6 heteroatoms. The van der Waals surface area contributed by atoms with E-state index in [1.807, 2.05) is 0 Å². The third kappa shape index (κ3) is 6.68. The Balaban J connectivity index is 2.32. The maximum absolute atomic E-state index is 11.2. The SMILES string of the molecule is CC(CN)CN1CCCN(CCS(C)(=O)=O)CC1. The highest BCUT2D eigenvalue weighted by Crippen LogP contribution is 2.06. The molecule has 1 heterocycles. The molecule has 1 unspecified atom stereocenters. The predicted molar refractivity (Wildman–Crippen MR) is 75.4 cm³/mol. The summed E-state index contributed by atoms with van der Waals surface area (Å²) in [6.07, 6.45) is 2.42. The predicted octanol–water partition coefficient (Wildman–Crippen LogP) is -0.366. The van der Waals surface area contributed by atoms with Crippen molar-refractivity contribution in [2.75, 3.05) is 57.8 Å². The molecule has 1 aliphatic heterocycles. The fraction of sp³-hybridized carbons (Fsp3) is 1.00. The van der Waals surface area contributed by atoms with E-state index in [-0.39, 0.29) is 5.75 Å². The minimum Gasteiger partial charge on any atom is -0.330 e. The van der Waals surface area contributed by atoms with Gasteiger partial charge in [-0.05, 0) is 32.0 Å². The third-order valence-electron chi connectivity index (χ3n) is 3.43. The van der Waals surface area contributed by atoms with Gasteiger partial charge in [-0.1, -0.05) is 6.92 Å². The number of rotatable bonds is 6. The normalized spacial score (nSPS) is 21.7. The first-order valence-electron chi connectivity index (χ1n) is 6.73. The summed E-state index contributed by atoms with van der Waals surface area (Å²) in [4.78, 5) is 4.70. The molecular weight excluding hydrogens is 250 g/mol. The fourth-order valence-electron chi connectivity index (χ4n) is 2.24. The average molecular weight is 277 g/mol. The van der Waals surface area contributed by atoms with E-state index < -0.39 is 9.84 Å². The van der Waals surface area contributed by atoms with Gasteiger partial charge in [-0.3, -0.25) is 0 Å². The molecule has 0 aromatic heterocycles. The third-order valence-corrected chi connectivity index (χ3v) is 4.36. The topological polar surface area (TPSA) is 66.6 Å². The Kier molecular flexibility index (Phi) is 6.55. The van der Waals surface area contributed by atoms with Crippen molar-refractivity contribution >= 4 is 9.84 Å². The van der Waals surface area contributed by atoms with Crippen molar-refractivity contribution in [2.24, 2.45) is 11.7 Å². The lowest BCUT2D eigenvalue weighted by atomic mass is 10.1. The molecular formula is C12H27N3O2S. The minimum absolute atomic E-state index is 0.270. The van der Waals surface area contributed by atoms with Crippen LogP contribution in [-0.2, 0) is 9.84 Å². The molecule has 1 rings (SSSR count). The Bertz CT molecular complexity index is 332. The highest BCUT2D eigenvalue weighted by molar-refractivity contribution is 7.90. The molecule has 5 nitrogen and oxygen atoms in total. The van der Waals surface area contributed by atoms with Crippen LogP contribution >= 0.6 is 0 Å². The molecule has 1 aliphatic rings. The zero-order valence-electron chi connectivity index (χ0n) is 11.6. The lowest BCUT2D eigenvalue weighted by molar-refractivity contribution is 0.238. The molecule has 0 radical (unpaired) electrons. The van der Waals surface area contributed by atoms with Gasteiger partial charge in [0, 0.05) is 32.4 Å². The molecule has 2 N–H and O–H groups in total. The Morgan fingerprint density at radius 1 is 1.17 bits per heavy atom. The zero-order chi connectivity index (χ0) is 13.6. The average Bonchev–Trinajstić information content (AvgIpc) is 2.51. The number of nitrogens with two attached hydrogens (primary N) is 1. The summed E-state index contributed by atoms with van der Waals surface area (Å²) in [5.74, 6) is 0.805. The van der Waals surface area contributed by atoms with Gasteiger partial charge in [0.25, 0.3) is 0 Å². The van der Waals surface area contributed by atoms with Gasteiger partial charge in [-0.25, -0.2) is 8.42 Å². The summed E-state index contributed by atoms with van der Waals surface area (Å²) in [6.45, 7) is 8.71. The molecule has 0 aliphatic carbocycles. The maximum Gasteiger partial charge on any atom is 0.148 e. The molecule has 108 valence electrons. The Morgan fingerprint density at radius 3 is 2.39 bits per heavy atom. The molecule has 0 aromatic rings. The fourth-order valence-corrected chi connectivity index (χ4v) is 2.83. The quantitative estimate of drug-likeness (QED) is 0.718. The molecule has 0 spiro atoms. The second kappa shape index (κ2) is 7.43. The van der Waals surface area contributed by atoms with Crippen LogP contribution in [0.15, 0.2) is 0 Å². The van der Waals surface area contributed by atoms with Crippen molar-refractivity contribution in [1.29, 1.82) is 0 Å². The van der Waals surface area contributed by atoms with Crippen molar-refractivity contribution in [3.05, 3.63) is 0 Å². The maximum atomic E-state index is 11.2. The van der Waals surface area contributed by atoms with Crippen molar-refractivity contribution in [3.8, 4) is 0 Å². The Labute approximate surface area is 111 Å². The first kappa shape index (κ1) is 15.9. The van der Waals surface area contributed by atoms with Crippen molar-refractivity contribution < 1.29 is 8.42 Å². The largest absolute Gasteiger partial charge is 0.330 e. The minimum atomic E-state index is -2.84. The lowest BCUT2D eigenvalue weighted by Gasteiger charge is -2.23. The van der Waals surface area contributed by atoms with Crippen LogP contribution in [-0.4, -0.2) is 76.0 Å². The van der Waals surface area contributed by atoms with E-state index in [1.54, 1.807) is 0 Å². The Morgan fingerprint density at radius 2 is 1.78 bits per heavy atom. The van der Waals surface area contributed by atoms with Crippen LogP contribution in [0.3, 0.4) is 0 Å². The van der Waals surface area contributed by atoms with Crippen molar-refractivity contribution in [3.63, 3.8) is 0 Å². The molecule has 0 amide bonds. The van der Waals surface area contributed by atoms with Crippen LogP contribution in [0.4, 0.5) is 0 Å². The van der Waals surface area contributed by atoms with E-state index in [0.717, 1.165) is 45.7 Å². The van der Waals surface area contributed by atoms with Crippen molar-refractivity contribution in [2.45, 2.75) is 13.3 Å². The zero-order valence-corrected chi connectivity index (χ0v) is 12.5. The number of sulfone groups is 1. The van der Waals surface area contributed by atoms with E-state index in [9.17, 15) is 8.42 Å². The lowest BCUT2D eigenvalue weighted by Crippen LogP contribution is -2.36. The highest BCUT2D eigenvalue weighted by Gasteiger charge is 2.17. The van der Waals surface area contributed by atoms with Gasteiger partial charge in [0.1, 0.15) is 9.84 Å². The van der Waals surface area contributed by atoms with E-state index >= 15 is 0 Å². The highest BCUT2D eigenvalue weighted by atomic mass is 32.2. The number of nitrogens with zero attached hydrogens (tertiary/aromatic N) is 2. The summed E-state index contributed by atoms with van der Waals surface area (Å²) in [6, 6.07) is 0. The molecule has 0 bridgehead atoms. The summed E-state index contributed by atoms with van der Waals surface area (Å²) in [7, 11) is -2.84. The summed E-state index contributed by atoms with van der Waals surface area (Å²) in [5.41, 5.74) is 5.65. The van der Waals surface area contributed by atoms with Crippen LogP contribution in [0.1, 0.15) is 13.3 Å². The van der Waals surface area contributed by atoms with Gasteiger partial charge >= 0.3 is 0 Å². The Hall–Kier alpha value is -0.170. The van der Waals surface area contributed by atoms with E-state index in [2.05, 4.69) is 16.7 Å². The smallest absolute Gasteiger partial charge is 0.148 e. The summed E-state index contributed by atoms with van der Waals surface area (Å²) < 4.78 is 22.3. The van der Waals surface area contributed by atoms with Gasteiger partial charge < -0.3 is 15.5 Å². The number of hydrogen-bond acceptors (Lipinski definition) is 5. The van der Waals surface area contributed by atoms with E-state index in [4.69, 9.17) is 5.73 Å². The van der Waals surface area contributed by atoms with Crippen LogP contribution < -0.4 is 5.73 Å². The molecule has 1 saturated heterocycles. The number of hydrogen-bond donors (Lipinski definition) is 1. The van der Waals surface area contributed by atoms with Crippen LogP contribution in [0.5, 0.6) is 0 Å². The molecule has 0 saturated carbocycles. The monoisotopic (exact) mass is 277 g/mol. The van der Waals surface area contributed by atoms with Gasteiger partial charge in [-0.15, -0.1) is 0 Å². The second-order valence-corrected chi connectivity index (χ2v) is 7.73. The van der Waals surface area contributed by atoms with E-state index in [0.29, 0.717) is 12.5 Å². The summed E-state index contributed by atoms with van der Waals surface area (Å²) >= 11 is 0. The second-order valence-electron chi connectivity index (χ2n) is 5.47. The molecule has 18 heavy (non-hydrogen) atoms. The molecule has 0 aromatic carbocycles.